The summed E-state index contributed by atoms with van der Waals surface area (Å²) < 4.78 is 4.98. The highest BCUT2D eigenvalue weighted by Crippen LogP contribution is 2.23. The normalized spacial score (nSPS) is 11.2. The standard InChI is InChI=1S/C21H30N4O6S/c1-20(2,3)24-18(29)22-15(26)11-31-17(28)13-9-7-8-10-14(13)32-12-16(27)23-19(30)25-21(4,5)6/h7-10H,11-12H2,1-6H3,(H2,22,24,26,29)(H2,23,25,27,30). The van der Waals surface area contributed by atoms with E-state index < -0.39 is 47.5 Å². The van der Waals surface area contributed by atoms with Crippen LogP contribution in [0.4, 0.5) is 9.59 Å². The number of carbonyl (C=O) groups is 5. The van der Waals surface area contributed by atoms with E-state index in [0.717, 1.165) is 11.8 Å². The van der Waals surface area contributed by atoms with Gasteiger partial charge in [0.25, 0.3) is 5.91 Å². The number of imide groups is 2. The monoisotopic (exact) mass is 466 g/mol. The Morgan fingerprint density at radius 2 is 1.31 bits per heavy atom. The fourth-order valence-electron chi connectivity index (χ4n) is 2.18. The summed E-state index contributed by atoms with van der Waals surface area (Å²) in [5.41, 5.74) is -0.874. The maximum atomic E-state index is 12.4. The fraction of sp³-hybridized carbons (Fsp3) is 0.476. The van der Waals surface area contributed by atoms with Gasteiger partial charge in [-0.05, 0) is 53.7 Å². The second-order valence-electron chi connectivity index (χ2n) is 8.87. The molecule has 0 radical (unpaired) electrons. The highest BCUT2D eigenvalue weighted by atomic mass is 32.2. The van der Waals surface area contributed by atoms with Crippen molar-refractivity contribution in [3.63, 3.8) is 0 Å². The first-order valence-corrected chi connectivity index (χ1v) is 10.8. The van der Waals surface area contributed by atoms with Crippen molar-refractivity contribution >= 4 is 41.6 Å². The van der Waals surface area contributed by atoms with Gasteiger partial charge in [0.1, 0.15) is 0 Å². The average Bonchev–Trinajstić information content (AvgIpc) is 2.61. The molecular weight excluding hydrogens is 436 g/mol. The Hall–Kier alpha value is -3.08. The molecule has 1 aromatic rings. The third-order valence-electron chi connectivity index (χ3n) is 3.28. The zero-order valence-corrected chi connectivity index (χ0v) is 19.9. The molecule has 0 heterocycles. The molecule has 0 unspecified atom stereocenters. The maximum absolute atomic E-state index is 12.4. The van der Waals surface area contributed by atoms with Crippen LogP contribution in [0.2, 0.25) is 0 Å². The Morgan fingerprint density at radius 1 is 0.812 bits per heavy atom. The molecule has 0 aromatic heterocycles. The van der Waals surface area contributed by atoms with Gasteiger partial charge in [-0.25, -0.2) is 14.4 Å². The van der Waals surface area contributed by atoms with Crippen LogP contribution in [0.3, 0.4) is 0 Å². The first kappa shape index (κ1) is 27.0. The van der Waals surface area contributed by atoms with Crippen LogP contribution in [0.25, 0.3) is 0 Å². The van der Waals surface area contributed by atoms with Gasteiger partial charge in [0.15, 0.2) is 6.61 Å². The zero-order chi connectivity index (χ0) is 24.5. The molecule has 0 bridgehead atoms. The molecule has 10 nitrogen and oxygen atoms in total. The van der Waals surface area contributed by atoms with Crippen molar-refractivity contribution in [2.24, 2.45) is 0 Å². The molecule has 0 atom stereocenters. The number of amides is 6. The molecule has 0 spiro atoms. The summed E-state index contributed by atoms with van der Waals surface area (Å²) >= 11 is 1.04. The van der Waals surface area contributed by atoms with E-state index >= 15 is 0 Å². The number of ether oxygens (including phenoxy) is 1. The topological polar surface area (TPSA) is 143 Å². The van der Waals surface area contributed by atoms with Gasteiger partial charge < -0.3 is 15.4 Å². The van der Waals surface area contributed by atoms with Gasteiger partial charge in [-0.2, -0.15) is 0 Å². The van der Waals surface area contributed by atoms with E-state index in [1.165, 1.54) is 6.07 Å². The third-order valence-corrected chi connectivity index (χ3v) is 4.36. The Labute approximate surface area is 191 Å². The highest BCUT2D eigenvalue weighted by molar-refractivity contribution is 8.00. The Kier molecular flexibility index (Phi) is 9.70. The molecule has 32 heavy (non-hydrogen) atoms. The van der Waals surface area contributed by atoms with Crippen LogP contribution in [0, 0.1) is 0 Å². The van der Waals surface area contributed by atoms with Crippen LogP contribution in [0.1, 0.15) is 51.9 Å². The molecule has 176 valence electrons. The minimum absolute atomic E-state index is 0.116. The van der Waals surface area contributed by atoms with Crippen LogP contribution >= 0.6 is 11.8 Å². The maximum Gasteiger partial charge on any atom is 0.339 e. The summed E-state index contributed by atoms with van der Waals surface area (Å²) in [5.74, 6) is -2.22. The van der Waals surface area contributed by atoms with Gasteiger partial charge in [-0.15, -0.1) is 11.8 Å². The SMILES string of the molecule is CC(C)(C)NC(=O)NC(=O)COC(=O)c1ccccc1SCC(=O)NC(=O)NC(C)(C)C. The van der Waals surface area contributed by atoms with Crippen LogP contribution in [-0.4, -0.2) is 53.3 Å². The molecule has 1 aromatic carbocycles. The Balaban J connectivity index is 2.60. The van der Waals surface area contributed by atoms with E-state index in [2.05, 4.69) is 21.3 Å². The number of thioether (sulfide) groups is 1. The first-order chi connectivity index (χ1) is 14.7. The predicted octanol–water partition coefficient (Wildman–Crippen LogP) is 2.18. The fourth-order valence-corrected chi connectivity index (χ4v) is 3.02. The summed E-state index contributed by atoms with van der Waals surface area (Å²) in [6, 6.07) is 5.06. The predicted molar refractivity (Wildman–Crippen MR) is 120 cm³/mol. The third kappa shape index (κ3) is 11.3. The number of nitrogens with one attached hydrogen (secondary N) is 4. The quantitative estimate of drug-likeness (QED) is 0.372. The van der Waals surface area contributed by atoms with Gasteiger partial charge in [-0.3, -0.25) is 20.2 Å². The molecule has 0 aliphatic rings. The van der Waals surface area contributed by atoms with Crippen molar-refractivity contribution in [2.45, 2.75) is 57.5 Å². The number of carbonyl (C=O) groups excluding carboxylic acids is 5. The van der Waals surface area contributed by atoms with E-state index in [-0.39, 0.29) is 11.3 Å². The number of esters is 1. The van der Waals surface area contributed by atoms with E-state index in [4.69, 9.17) is 4.74 Å². The number of rotatable bonds is 6. The lowest BCUT2D eigenvalue weighted by Crippen LogP contribution is -2.49. The number of hydrogen-bond donors (Lipinski definition) is 4. The zero-order valence-electron chi connectivity index (χ0n) is 19.1. The van der Waals surface area contributed by atoms with Crippen molar-refractivity contribution in [2.75, 3.05) is 12.4 Å². The Morgan fingerprint density at radius 3 is 1.84 bits per heavy atom. The van der Waals surface area contributed by atoms with Crippen LogP contribution in [0.15, 0.2) is 29.2 Å². The van der Waals surface area contributed by atoms with Gasteiger partial charge in [0.2, 0.25) is 5.91 Å². The van der Waals surface area contributed by atoms with Crippen LogP contribution < -0.4 is 21.3 Å². The molecule has 0 fully saturated rings. The minimum Gasteiger partial charge on any atom is -0.452 e. The Bertz CT molecular complexity index is 874. The van der Waals surface area contributed by atoms with Crippen molar-refractivity contribution < 1.29 is 28.7 Å². The summed E-state index contributed by atoms with van der Waals surface area (Å²) in [6.45, 7) is 9.96. The molecule has 6 amide bonds. The van der Waals surface area contributed by atoms with Crippen molar-refractivity contribution in [1.29, 1.82) is 0 Å². The summed E-state index contributed by atoms with van der Waals surface area (Å²) in [7, 11) is 0. The number of urea groups is 2. The van der Waals surface area contributed by atoms with Gasteiger partial charge in [0.05, 0.1) is 11.3 Å². The lowest BCUT2D eigenvalue weighted by Gasteiger charge is -2.20. The first-order valence-electron chi connectivity index (χ1n) is 9.79. The molecule has 11 heteroatoms. The van der Waals surface area contributed by atoms with Gasteiger partial charge in [0, 0.05) is 16.0 Å². The lowest BCUT2D eigenvalue weighted by molar-refractivity contribution is -0.123. The number of benzene rings is 1. The van der Waals surface area contributed by atoms with E-state index in [1.807, 2.05) is 0 Å². The van der Waals surface area contributed by atoms with Crippen molar-refractivity contribution in [3.8, 4) is 0 Å². The van der Waals surface area contributed by atoms with E-state index in [0.29, 0.717) is 4.90 Å². The van der Waals surface area contributed by atoms with Crippen molar-refractivity contribution in [3.05, 3.63) is 29.8 Å². The molecule has 0 saturated carbocycles. The van der Waals surface area contributed by atoms with Crippen LogP contribution in [-0.2, 0) is 14.3 Å². The van der Waals surface area contributed by atoms with Crippen molar-refractivity contribution in [1.82, 2.24) is 21.3 Å². The molecule has 0 aliphatic carbocycles. The molecule has 1 rings (SSSR count). The average molecular weight is 467 g/mol. The second-order valence-corrected chi connectivity index (χ2v) is 9.88. The number of hydrogen-bond acceptors (Lipinski definition) is 7. The summed E-state index contributed by atoms with van der Waals surface area (Å²) in [6.07, 6.45) is 0. The smallest absolute Gasteiger partial charge is 0.339 e. The van der Waals surface area contributed by atoms with Gasteiger partial charge in [-0.1, -0.05) is 12.1 Å². The second kappa shape index (κ2) is 11.5. The molecular formula is C21H30N4O6S. The highest BCUT2D eigenvalue weighted by Gasteiger charge is 2.19. The van der Waals surface area contributed by atoms with E-state index in [1.54, 1.807) is 59.7 Å². The summed E-state index contributed by atoms with van der Waals surface area (Å²) in [5, 5.41) is 9.44. The minimum atomic E-state index is -0.787. The molecule has 4 N–H and O–H groups in total. The largest absolute Gasteiger partial charge is 0.452 e. The van der Waals surface area contributed by atoms with Gasteiger partial charge >= 0.3 is 18.0 Å². The van der Waals surface area contributed by atoms with Crippen LogP contribution in [0.5, 0.6) is 0 Å². The van der Waals surface area contributed by atoms with E-state index in [9.17, 15) is 24.0 Å². The summed E-state index contributed by atoms with van der Waals surface area (Å²) in [4.78, 5) is 60.1. The molecule has 0 aliphatic heterocycles. The molecule has 0 saturated heterocycles. The lowest BCUT2D eigenvalue weighted by atomic mass is 10.1.